The molecule has 1 atom stereocenters. The molecule has 0 bridgehead atoms. The standard InChI is InChI=1S/C11H18N4O2/c1-8(15-9(2)16)11(17)14-5-3-4-10-12-6-7-13-10/h6-8H,3-5H2,1-2H3,(H,12,13)(H,14,17)(H,15,16). The van der Waals surface area contributed by atoms with Crippen molar-refractivity contribution in [3.8, 4) is 0 Å². The first-order valence-corrected chi connectivity index (χ1v) is 5.62. The van der Waals surface area contributed by atoms with Crippen LogP contribution in [-0.2, 0) is 16.0 Å². The maximum Gasteiger partial charge on any atom is 0.242 e. The van der Waals surface area contributed by atoms with Gasteiger partial charge in [-0.2, -0.15) is 0 Å². The fourth-order valence-electron chi connectivity index (χ4n) is 1.43. The molecule has 0 spiro atoms. The summed E-state index contributed by atoms with van der Waals surface area (Å²) in [6.45, 7) is 3.62. The Hall–Kier alpha value is -1.85. The number of amides is 2. The Morgan fingerprint density at radius 3 is 2.88 bits per heavy atom. The molecule has 94 valence electrons. The summed E-state index contributed by atoms with van der Waals surface area (Å²) in [6.07, 6.45) is 5.08. The first kappa shape index (κ1) is 13.2. The van der Waals surface area contributed by atoms with Crippen molar-refractivity contribution in [1.82, 2.24) is 20.6 Å². The Bertz CT molecular complexity index is 362. The molecular weight excluding hydrogens is 220 g/mol. The normalized spacial score (nSPS) is 11.9. The van der Waals surface area contributed by atoms with E-state index in [0.717, 1.165) is 18.7 Å². The summed E-state index contributed by atoms with van der Waals surface area (Å²) >= 11 is 0. The SMILES string of the molecule is CC(=O)NC(C)C(=O)NCCCc1ncc[nH]1. The molecule has 1 unspecified atom stereocenters. The van der Waals surface area contributed by atoms with Crippen LogP contribution in [-0.4, -0.2) is 34.4 Å². The van der Waals surface area contributed by atoms with E-state index in [0.29, 0.717) is 6.54 Å². The van der Waals surface area contributed by atoms with Crippen molar-refractivity contribution in [2.75, 3.05) is 6.54 Å². The van der Waals surface area contributed by atoms with Gasteiger partial charge in [-0.25, -0.2) is 4.98 Å². The fourth-order valence-corrected chi connectivity index (χ4v) is 1.43. The van der Waals surface area contributed by atoms with E-state index < -0.39 is 6.04 Å². The number of carbonyl (C=O) groups excluding carboxylic acids is 2. The molecule has 2 amide bonds. The number of hydrogen-bond acceptors (Lipinski definition) is 3. The number of nitrogens with zero attached hydrogens (tertiary/aromatic N) is 1. The smallest absolute Gasteiger partial charge is 0.242 e. The second-order valence-electron chi connectivity index (χ2n) is 3.85. The minimum Gasteiger partial charge on any atom is -0.354 e. The van der Waals surface area contributed by atoms with Crippen LogP contribution in [0.3, 0.4) is 0 Å². The van der Waals surface area contributed by atoms with Crippen molar-refractivity contribution >= 4 is 11.8 Å². The molecule has 0 aromatic carbocycles. The average Bonchev–Trinajstić information content (AvgIpc) is 2.75. The van der Waals surface area contributed by atoms with E-state index in [1.165, 1.54) is 6.92 Å². The molecule has 6 heteroatoms. The lowest BCUT2D eigenvalue weighted by Gasteiger charge is -2.12. The highest BCUT2D eigenvalue weighted by Gasteiger charge is 2.12. The average molecular weight is 238 g/mol. The molecule has 1 aromatic heterocycles. The Morgan fingerprint density at radius 2 is 2.29 bits per heavy atom. The van der Waals surface area contributed by atoms with Gasteiger partial charge in [0.15, 0.2) is 0 Å². The second kappa shape index (κ2) is 6.67. The van der Waals surface area contributed by atoms with Gasteiger partial charge < -0.3 is 15.6 Å². The van der Waals surface area contributed by atoms with Crippen molar-refractivity contribution in [2.45, 2.75) is 32.7 Å². The summed E-state index contributed by atoms with van der Waals surface area (Å²) in [7, 11) is 0. The predicted molar refractivity (Wildman–Crippen MR) is 63.2 cm³/mol. The molecule has 1 heterocycles. The third-order valence-corrected chi connectivity index (χ3v) is 2.26. The Kier molecular flexibility index (Phi) is 5.19. The third kappa shape index (κ3) is 5.14. The number of hydrogen-bond donors (Lipinski definition) is 3. The van der Waals surface area contributed by atoms with E-state index in [4.69, 9.17) is 0 Å². The van der Waals surface area contributed by atoms with Crippen LogP contribution in [0.25, 0.3) is 0 Å². The molecular formula is C11H18N4O2. The van der Waals surface area contributed by atoms with Crippen molar-refractivity contribution in [1.29, 1.82) is 0 Å². The lowest BCUT2D eigenvalue weighted by molar-refractivity contribution is -0.127. The summed E-state index contributed by atoms with van der Waals surface area (Å²) in [6, 6.07) is -0.490. The highest BCUT2D eigenvalue weighted by atomic mass is 16.2. The summed E-state index contributed by atoms with van der Waals surface area (Å²) in [5.41, 5.74) is 0. The largest absolute Gasteiger partial charge is 0.354 e. The van der Waals surface area contributed by atoms with E-state index in [9.17, 15) is 9.59 Å². The molecule has 1 rings (SSSR count). The van der Waals surface area contributed by atoms with Crippen molar-refractivity contribution in [3.05, 3.63) is 18.2 Å². The van der Waals surface area contributed by atoms with Gasteiger partial charge in [-0.3, -0.25) is 9.59 Å². The van der Waals surface area contributed by atoms with Crippen LogP contribution in [0.5, 0.6) is 0 Å². The monoisotopic (exact) mass is 238 g/mol. The van der Waals surface area contributed by atoms with Gasteiger partial charge in [0, 0.05) is 32.3 Å². The highest BCUT2D eigenvalue weighted by Crippen LogP contribution is 1.93. The molecule has 0 radical (unpaired) electrons. The van der Waals surface area contributed by atoms with Gasteiger partial charge in [-0.15, -0.1) is 0 Å². The van der Waals surface area contributed by atoms with Gasteiger partial charge in [0.05, 0.1) is 0 Å². The molecule has 0 saturated carbocycles. The summed E-state index contributed by atoms with van der Waals surface area (Å²) in [5.74, 6) is 0.539. The van der Waals surface area contributed by atoms with Crippen LogP contribution >= 0.6 is 0 Å². The number of aromatic nitrogens is 2. The molecule has 0 saturated heterocycles. The van der Waals surface area contributed by atoms with E-state index >= 15 is 0 Å². The topological polar surface area (TPSA) is 86.9 Å². The molecule has 1 aromatic rings. The molecule has 0 aliphatic rings. The molecule has 3 N–H and O–H groups in total. The number of carbonyl (C=O) groups is 2. The van der Waals surface area contributed by atoms with Gasteiger partial charge in [0.25, 0.3) is 0 Å². The maximum absolute atomic E-state index is 11.5. The Balaban J connectivity index is 2.13. The van der Waals surface area contributed by atoms with E-state index in [1.54, 1.807) is 19.3 Å². The van der Waals surface area contributed by atoms with Crippen molar-refractivity contribution in [3.63, 3.8) is 0 Å². The first-order valence-electron chi connectivity index (χ1n) is 5.62. The highest BCUT2D eigenvalue weighted by molar-refractivity contribution is 5.86. The zero-order chi connectivity index (χ0) is 12.7. The zero-order valence-corrected chi connectivity index (χ0v) is 10.1. The van der Waals surface area contributed by atoms with Crippen LogP contribution in [0, 0.1) is 0 Å². The van der Waals surface area contributed by atoms with Crippen LogP contribution < -0.4 is 10.6 Å². The van der Waals surface area contributed by atoms with Crippen molar-refractivity contribution in [2.24, 2.45) is 0 Å². The number of rotatable bonds is 6. The summed E-state index contributed by atoms with van der Waals surface area (Å²) in [5, 5.41) is 5.28. The third-order valence-electron chi connectivity index (χ3n) is 2.26. The number of aryl methyl sites for hydroxylation is 1. The molecule has 6 nitrogen and oxygen atoms in total. The molecule has 0 aliphatic carbocycles. The fraction of sp³-hybridized carbons (Fsp3) is 0.545. The van der Waals surface area contributed by atoms with Crippen LogP contribution in [0.2, 0.25) is 0 Å². The Labute approximate surface area is 100 Å². The minimum atomic E-state index is -0.490. The lowest BCUT2D eigenvalue weighted by Crippen LogP contribution is -2.44. The summed E-state index contributed by atoms with van der Waals surface area (Å²) in [4.78, 5) is 29.3. The van der Waals surface area contributed by atoms with E-state index in [2.05, 4.69) is 20.6 Å². The number of aromatic amines is 1. The van der Waals surface area contributed by atoms with Crippen LogP contribution in [0.4, 0.5) is 0 Å². The second-order valence-corrected chi connectivity index (χ2v) is 3.85. The number of nitrogens with one attached hydrogen (secondary N) is 3. The van der Waals surface area contributed by atoms with E-state index in [-0.39, 0.29) is 11.8 Å². The van der Waals surface area contributed by atoms with Crippen LogP contribution in [0.15, 0.2) is 12.4 Å². The minimum absolute atomic E-state index is 0.167. The van der Waals surface area contributed by atoms with Gasteiger partial charge >= 0.3 is 0 Å². The maximum atomic E-state index is 11.5. The zero-order valence-electron chi connectivity index (χ0n) is 10.1. The predicted octanol–water partition coefficient (Wildman–Crippen LogP) is -0.0169. The Morgan fingerprint density at radius 1 is 1.53 bits per heavy atom. The molecule has 0 aliphatic heterocycles. The molecule has 0 fully saturated rings. The lowest BCUT2D eigenvalue weighted by atomic mass is 10.2. The van der Waals surface area contributed by atoms with E-state index in [1.807, 2.05) is 0 Å². The summed E-state index contributed by atoms with van der Waals surface area (Å²) < 4.78 is 0. The van der Waals surface area contributed by atoms with Crippen LogP contribution in [0.1, 0.15) is 26.1 Å². The van der Waals surface area contributed by atoms with Gasteiger partial charge in [-0.05, 0) is 13.3 Å². The number of imidazole rings is 1. The first-order chi connectivity index (χ1) is 8.09. The quantitative estimate of drug-likeness (QED) is 0.609. The van der Waals surface area contributed by atoms with Gasteiger partial charge in [0.2, 0.25) is 11.8 Å². The molecule has 17 heavy (non-hydrogen) atoms. The van der Waals surface area contributed by atoms with Gasteiger partial charge in [0.1, 0.15) is 11.9 Å². The van der Waals surface area contributed by atoms with Crippen molar-refractivity contribution < 1.29 is 9.59 Å². The number of H-pyrrole nitrogens is 1. The van der Waals surface area contributed by atoms with Gasteiger partial charge in [-0.1, -0.05) is 0 Å².